The molecule has 0 N–H and O–H groups in total. The van der Waals surface area contributed by atoms with E-state index < -0.39 is 8.25 Å². The van der Waals surface area contributed by atoms with Crippen molar-refractivity contribution in [1.82, 2.24) is 0 Å². The van der Waals surface area contributed by atoms with Crippen LogP contribution in [0.5, 0.6) is 0 Å². The molecule has 0 aromatic rings. The topological polar surface area (TPSA) is 54.0 Å². The first kappa shape index (κ1) is 19.9. The van der Waals surface area contributed by atoms with E-state index in [-0.39, 0.29) is 0 Å². The Morgan fingerprint density at radius 3 is 1.45 bits per heavy atom. The highest BCUT2D eigenvalue weighted by molar-refractivity contribution is 7.32. The summed E-state index contributed by atoms with van der Waals surface area (Å²) in [5, 5.41) is 0. The van der Waals surface area contributed by atoms with E-state index in [0.717, 1.165) is 25.7 Å². The molecular formula is C14H30O5P. The van der Waals surface area contributed by atoms with Gasteiger partial charge in [-0.05, 0) is 12.8 Å². The summed E-state index contributed by atoms with van der Waals surface area (Å²) in [7, 11) is -2.33. The zero-order chi connectivity index (χ0) is 14.9. The van der Waals surface area contributed by atoms with Crippen LogP contribution >= 0.6 is 8.25 Å². The largest absolute Gasteiger partial charge is 0.427 e. The SMILES string of the molecule is CCCCCCCOO[P](=O)OOCCCCCCC. The van der Waals surface area contributed by atoms with Gasteiger partial charge in [0, 0.05) is 0 Å². The second-order valence-electron chi connectivity index (χ2n) is 4.85. The lowest BCUT2D eigenvalue weighted by atomic mass is 10.2. The van der Waals surface area contributed by atoms with Gasteiger partial charge < -0.3 is 0 Å². The smallest absolute Gasteiger partial charge is 0.223 e. The fourth-order valence-electron chi connectivity index (χ4n) is 1.70. The summed E-state index contributed by atoms with van der Waals surface area (Å²) < 4.78 is 20.3. The maximum Gasteiger partial charge on any atom is 0.427 e. The molecule has 20 heavy (non-hydrogen) atoms. The number of unbranched alkanes of at least 4 members (excludes halogenated alkanes) is 8. The first-order valence-electron chi connectivity index (χ1n) is 7.87. The lowest BCUT2D eigenvalue weighted by Gasteiger charge is -2.03. The monoisotopic (exact) mass is 309 g/mol. The fourth-order valence-corrected chi connectivity index (χ4v) is 2.05. The Morgan fingerprint density at radius 2 is 1.05 bits per heavy atom. The van der Waals surface area contributed by atoms with Crippen molar-refractivity contribution in [3.05, 3.63) is 0 Å². The molecule has 0 aliphatic rings. The summed E-state index contributed by atoms with van der Waals surface area (Å²) in [5.74, 6) is 0. The molecule has 0 saturated heterocycles. The molecule has 0 aliphatic carbocycles. The van der Waals surface area contributed by atoms with E-state index in [0.29, 0.717) is 13.2 Å². The zero-order valence-corrected chi connectivity index (χ0v) is 13.9. The molecule has 0 unspecified atom stereocenters. The standard InChI is InChI=1S/C14H30O5P/c1-3-5-7-9-11-13-16-18-20(15)19-17-14-12-10-8-6-4-2/h3-14H2,1-2H3. The van der Waals surface area contributed by atoms with E-state index in [1.54, 1.807) is 0 Å². The molecule has 0 bridgehead atoms. The third-order valence-corrected chi connectivity index (χ3v) is 3.34. The van der Waals surface area contributed by atoms with Gasteiger partial charge in [-0.2, -0.15) is 0 Å². The Balaban J connectivity index is 3.13. The number of hydrogen-bond acceptors (Lipinski definition) is 5. The van der Waals surface area contributed by atoms with Gasteiger partial charge in [-0.25, -0.2) is 14.3 Å². The summed E-state index contributed by atoms with van der Waals surface area (Å²) in [5.41, 5.74) is 0. The van der Waals surface area contributed by atoms with Gasteiger partial charge in [0.15, 0.2) is 0 Å². The molecule has 0 rings (SSSR count). The predicted octanol–water partition coefficient (Wildman–Crippen LogP) is 5.48. The van der Waals surface area contributed by atoms with Crippen molar-refractivity contribution in [2.45, 2.75) is 78.1 Å². The van der Waals surface area contributed by atoms with Crippen LogP contribution < -0.4 is 0 Å². The number of hydrogen-bond donors (Lipinski definition) is 0. The molecule has 0 spiro atoms. The lowest BCUT2D eigenvalue weighted by molar-refractivity contribution is -0.259. The summed E-state index contributed by atoms with van der Waals surface area (Å²) in [6.45, 7) is 5.22. The van der Waals surface area contributed by atoms with E-state index >= 15 is 0 Å². The van der Waals surface area contributed by atoms with Crippen LogP contribution in [-0.4, -0.2) is 13.2 Å². The highest BCUT2D eigenvalue weighted by Gasteiger charge is 2.04. The Morgan fingerprint density at radius 1 is 0.650 bits per heavy atom. The minimum Gasteiger partial charge on any atom is -0.223 e. The van der Waals surface area contributed by atoms with Crippen molar-refractivity contribution < 1.29 is 23.7 Å². The Labute approximate surface area is 124 Å². The Bertz CT molecular complexity index is 194. The van der Waals surface area contributed by atoms with Crippen LogP contribution in [0, 0.1) is 0 Å². The van der Waals surface area contributed by atoms with Crippen LogP contribution in [0.1, 0.15) is 78.1 Å². The van der Waals surface area contributed by atoms with Crippen molar-refractivity contribution in [3.63, 3.8) is 0 Å². The van der Waals surface area contributed by atoms with E-state index in [1.807, 2.05) is 0 Å². The maximum absolute atomic E-state index is 11.2. The Kier molecular flexibility index (Phi) is 16.9. The van der Waals surface area contributed by atoms with Crippen molar-refractivity contribution in [3.8, 4) is 0 Å². The molecule has 1 radical (unpaired) electrons. The normalized spacial score (nSPS) is 10.9. The van der Waals surface area contributed by atoms with Crippen molar-refractivity contribution in [2.24, 2.45) is 0 Å². The molecule has 0 aliphatic heterocycles. The molecule has 0 aromatic heterocycles. The van der Waals surface area contributed by atoms with Gasteiger partial charge in [-0.1, -0.05) is 65.2 Å². The second-order valence-corrected chi connectivity index (χ2v) is 5.59. The van der Waals surface area contributed by atoms with E-state index in [4.69, 9.17) is 9.78 Å². The van der Waals surface area contributed by atoms with Crippen LogP contribution in [0.4, 0.5) is 0 Å². The summed E-state index contributed by atoms with van der Waals surface area (Å²) >= 11 is 0. The molecule has 0 aromatic carbocycles. The zero-order valence-electron chi connectivity index (χ0n) is 13.0. The lowest BCUT2D eigenvalue weighted by Crippen LogP contribution is -1.95. The molecule has 0 atom stereocenters. The first-order valence-corrected chi connectivity index (χ1v) is 8.97. The van der Waals surface area contributed by atoms with Crippen molar-refractivity contribution in [1.29, 1.82) is 0 Å². The predicted molar refractivity (Wildman–Crippen MR) is 79.2 cm³/mol. The molecule has 0 saturated carbocycles. The molecule has 6 heteroatoms. The third kappa shape index (κ3) is 16.0. The highest BCUT2D eigenvalue weighted by atomic mass is 31.1. The average molecular weight is 309 g/mol. The molecule has 5 nitrogen and oxygen atoms in total. The van der Waals surface area contributed by atoms with E-state index in [9.17, 15) is 4.57 Å². The van der Waals surface area contributed by atoms with E-state index in [2.05, 4.69) is 23.2 Å². The third-order valence-electron chi connectivity index (χ3n) is 2.89. The van der Waals surface area contributed by atoms with Crippen LogP contribution in [0.15, 0.2) is 0 Å². The van der Waals surface area contributed by atoms with E-state index in [1.165, 1.54) is 38.5 Å². The maximum atomic E-state index is 11.2. The molecule has 0 heterocycles. The van der Waals surface area contributed by atoms with Gasteiger partial charge in [0.05, 0.1) is 13.2 Å². The van der Waals surface area contributed by atoms with Gasteiger partial charge >= 0.3 is 8.25 Å². The summed E-state index contributed by atoms with van der Waals surface area (Å²) in [4.78, 5) is 9.59. The highest BCUT2D eigenvalue weighted by Crippen LogP contribution is 2.24. The van der Waals surface area contributed by atoms with Crippen LogP contribution in [-0.2, 0) is 23.7 Å². The molecule has 0 fully saturated rings. The summed E-state index contributed by atoms with van der Waals surface area (Å²) in [6, 6.07) is 0. The average Bonchev–Trinajstić information content (AvgIpc) is 2.45. The Hall–Kier alpha value is -0.0600. The van der Waals surface area contributed by atoms with Gasteiger partial charge in [0.1, 0.15) is 0 Å². The van der Waals surface area contributed by atoms with Gasteiger partial charge in [0.25, 0.3) is 0 Å². The van der Waals surface area contributed by atoms with Crippen molar-refractivity contribution in [2.75, 3.05) is 13.2 Å². The minimum atomic E-state index is -2.33. The second kappa shape index (κ2) is 17.0. The van der Waals surface area contributed by atoms with Crippen LogP contribution in [0.2, 0.25) is 0 Å². The van der Waals surface area contributed by atoms with Gasteiger partial charge in [-0.3, -0.25) is 0 Å². The summed E-state index contributed by atoms with van der Waals surface area (Å²) in [6.07, 6.45) is 11.3. The van der Waals surface area contributed by atoms with Crippen LogP contribution in [0.3, 0.4) is 0 Å². The van der Waals surface area contributed by atoms with Crippen molar-refractivity contribution >= 4 is 8.25 Å². The number of rotatable bonds is 16. The van der Waals surface area contributed by atoms with Gasteiger partial charge in [0.2, 0.25) is 0 Å². The molecular weight excluding hydrogens is 279 g/mol. The molecule has 121 valence electrons. The van der Waals surface area contributed by atoms with Crippen LogP contribution in [0.25, 0.3) is 0 Å². The minimum absolute atomic E-state index is 0.436. The fraction of sp³-hybridized carbons (Fsp3) is 1.00. The first-order chi connectivity index (χ1) is 9.81. The van der Waals surface area contributed by atoms with Gasteiger partial charge in [-0.15, -0.1) is 9.35 Å². The quantitative estimate of drug-likeness (QED) is 0.163. The molecule has 0 amide bonds.